The summed E-state index contributed by atoms with van der Waals surface area (Å²) in [5, 5.41) is 0. The van der Waals surface area contributed by atoms with Crippen LogP contribution in [0.25, 0.3) is 0 Å². The second kappa shape index (κ2) is 6.94. The number of hydrogen-bond donors (Lipinski definition) is 1. The van der Waals surface area contributed by atoms with E-state index in [0.29, 0.717) is 0 Å². The Kier molecular flexibility index (Phi) is 5.23. The Morgan fingerprint density at radius 1 is 1.43 bits per heavy atom. The molecule has 116 valence electrons. The maximum atomic E-state index is 12.6. The molecule has 1 saturated heterocycles. The van der Waals surface area contributed by atoms with Gasteiger partial charge in [0.2, 0.25) is 5.91 Å². The van der Waals surface area contributed by atoms with E-state index in [9.17, 15) is 4.79 Å². The molecule has 1 fully saturated rings. The average molecular weight is 290 g/mol. The van der Waals surface area contributed by atoms with Crippen molar-refractivity contribution in [3.8, 4) is 5.75 Å². The molecule has 1 aromatic carbocycles. The number of nitrogens with two attached hydrogens (primary N) is 1. The van der Waals surface area contributed by atoms with Crippen molar-refractivity contribution in [2.75, 3.05) is 13.7 Å². The van der Waals surface area contributed by atoms with Gasteiger partial charge in [0.15, 0.2) is 0 Å². The number of hydrogen-bond acceptors (Lipinski definition) is 3. The molecule has 2 unspecified atom stereocenters. The van der Waals surface area contributed by atoms with Crippen LogP contribution < -0.4 is 10.5 Å². The van der Waals surface area contributed by atoms with Crippen LogP contribution in [0.1, 0.15) is 44.7 Å². The summed E-state index contributed by atoms with van der Waals surface area (Å²) in [5.74, 6) is 1.14. The zero-order valence-corrected chi connectivity index (χ0v) is 13.2. The number of nitrogens with zero attached hydrogens (tertiary/aromatic N) is 1. The molecule has 2 rings (SSSR count). The molecule has 1 aliphatic rings. The van der Waals surface area contributed by atoms with Gasteiger partial charge in [0.05, 0.1) is 19.2 Å². The predicted octanol–water partition coefficient (Wildman–Crippen LogP) is 2.73. The molecule has 4 nitrogen and oxygen atoms in total. The summed E-state index contributed by atoms with van der Waals surface area (Å²) in [6.07, 6.45) is 2.97. The molecule has 1 heterocycles. The van der Waals surface area contributed by atoms with E-state index in [2.05, 4.69) is 6.92 Å². The van der Waals surface area contributed by atoms with Crippen molar-refractivity contribution < 1.29 is 9.53 Å². The summed E-state index contributed by atoms with van der Waals surface area (Å²) >= 11 is 0. The average Bonchev–Trinajstić information content (AvgIpc) is 3.02. The lowest BCUT2D eigenvalue weighted by Crippen LogP contribution is -2.46. The molecular weight excluding hydrogens is 264 g/mol. The number of benzene rings is 1. The van der Waals surface area contributed by atoms with E-state index < -0.39 is 6.04 Å². The molecule has 3 atom stereocenters. The SMILES string of the molecule is CCC(C)[C@H](N)C(=O)N1CCCC1c1ccc(OC)cc1. The molecule has 0 aliphatic carbocycles. The smallest absolute Gasteiger partial charge is 0.240 e. The summed E-state index contributed by atoms with van der Waals surface area (Å²) in [6, 6.07) is 7.75. The minimum absolute atomic E-state index is 0.0858. The largest absolute Gasteiger partial charge is 0.497 e. The van der Waals surface area contributed by atoms with Gasteiger partial charge in [-0.3, -0.25) is 4.79 Å². The van der Waals surface area contributed by atoms with E-state index in [1.807, 2.05) is 36.1 Å². The van der Waals surface area contributed by atoms with Crippen molar-refractivity contribution in [3.05, 3.63) is 29.8 Å². The van der Waals surface area contributed by atoms with Crippen molar-refractivity contribution in [3.63, 3.8) is 0 Å². The Morgan fingerprint density at radius 3 is 2.67 bits per heavy atom. The number of likely N-dealkylation sites (tertiary alicyclic amines) is 1. The van der Waals surface area contributed by atoms with Crippen LogP contribution in [0.4, 0.5) is 0 Å². The molecule has 1 aliphatic heterocycles. The fourth-order valence-corrected chi connectivity index (χ4v) is 2.89. The van der Waals surface area contributed by atoms with Crippen molar-refractivity contribution in [1.29, 1.82) is 0 Å². The standard InChI is InChI=1S/C17H26N2O2/c1-4-12(2)16(18)17(20)19-11-5-6-15(19)13-7-9-14(21-3)10-8-13/h7-10,12,15-16H,4-6,11,18H2,1-3H3/t12?,15?,16-/m0/s1. The normalized spacial score (nSPS) is 21.1. The molecule has 0 spiro atoms. The Hall–Kier alpha value is -1.55. The third kappa shape index (κ3) is 3.38. The van der Waals surface area contributed by atoms with E-state index in [-0.39, 0.29) is 17.9 Å². The Bertz CT molecular complexity index is 472. The van der Waals surface area contributed by atoms with Crippen LogP contribution in [0.2, 0.25) is 0 Å². The second-order valence-electron chi connectivity index (χ2n) is 5.87. The summed E-state index contributed by atoms with van der Waals surface area (Å²) < 4.78 is 5.19. The first-order chi connectivity index (χ1) is 10.1. The summed E-state index contributed by atoms with van der Waals surface area (Å²) in [4.78, 5) is 14.6. The van der Waals surface area contributed by atoms with Crippen LogP contribution in [0.3, 0.4) is 0 Å². The van der Waals surface area contributed by atoms with Crippen molar-refractivity contribution in [1.82, 2.24) is 4.90 Å². The number of methoxy groups -OCH3 is 1. The van der Waals surface area contributed by atoms with Gasteiger partial charge in [-0.15, -0.1) is 0 Å². The van der Waals surface area contributed by atoms with Gasteiger partial charge in [-0.25, -0.2) is 0 Å². The molecule has 4 heteroatoms. The lowest BCUT2D eigenvalue weighted by Gasteiger charge is -2.29. The molecule has 0 radical (unpaired) electrons. The first-order valence-corrected chi connectivity index (χ1v) is 7.78. The first-order valence-electron chi connectivity index (χ1n) is 7.78. The molecule has 2 N–H and O–H groups in total. The van der Waals surface area contributed by atoms with Crippen LogP contribution in [-0.2, 0) is 4.79 Å². The third-order valence-corrected chi connectivity index (χ3v) is 4.58. The molecule has 21 heavy (non-hydrogen) atoms. The number of carbonyl (C=O) groups excluding carboxylic acids is 1. The number of carbonyl (C=O) groups is 1. The Balaban J connectivity index is 2.14. The van der Waals surface area contributed by atoms with Crippen LogP contribution >= 0.6 is 0 Å². The monoisotopic (exact) mass is 290 g/mol. The van der Waals surface area contributed by atoms with Gasteiger partial charge in [0.1, 0.15) is 5.75 Å². The van der Waals surface area contributed by atoms with E-state index in [1.165, 1.54) is 0 Å². The van der Waals surface area contributed by atoms with Crippen molar-refractivity contribution in [2.24, 2.45) is 11.7 Å². The molecule has 0 bridgehead atoms. The highest BCUT2D eigenvalue weighted by atomic mass is 16.5. The van der Waals surface area contributed by atoms with Crippen LogP contribution in [0.5, 0.6) is 5.75 Å². The Labute approximate surface area is 127 Å². The molecule has 0 aromatic heterocycles. The quantitative estimate of drug-likeness (QED) is 0.907. The van der Waals surface area contributed by atoms with Crippen molar-refractivity contribution >= 4 is 5.91 Å². The molecule has 1 amide bonds. The zero-order valence-electron chi connectivity index (χ0n) is 13.2. The first kappa shape index (κ1) is 15.8. The highest BCUT2D eigenvalue weighted by Crippen LogP contribution is 2.33. The fourth-order valence-electron chi connectivity index (χ4n) is 2.89. The predicted molar refractivity (Wildman–Crippen MR) is 84.1 cm³/mol. The number of ether oxygens (including phenoxy) is 1. The molecule has 0 saturated carbocycles. The van der Waals surface area contributed by atoms with E-state index in [1.54, 1.807) is 7.11 Å². The van der Waals surface area contributed by atoms with Gasteiger partial charge in [0.25, 0.3) is 0 Å². The van der Waals surface area contributed by atoms with Crippen LogP contribution in [0, 0.1) is 5.92 Å². The Morgan fingerprint density at radius 2 is 2.10 bits per heavy atom. The van der Waals surface area contributed by atoms with Crippen LogP contribution in [0.15, 0.2) is 24.3 Å². The highest BCUT2D eigenvalue weighted by Gasteiger charge is 2.34. The topological polar surface area (TPSA) is 55.6 Å². The number of amides is 1. The van der Waals surface area contributed by atoms with E-state index in [0.717, 1.165) is 37.1 Å². The highest BCUT2D eigenvalue weighted by molar-refractivity contribution is 5.82. The second-order valence-corrected chi connectivity index (χ2v) is 5.87. The van der Waals surface area contributed by atoms with Gasteiger partial charge in [0, 0.05) is 6.54 Å². The van der Waals surface area contributed by atoms with E-state index in [4.69, 9.17) is 10.5 Å². The van der Waals surface area contributed by atoms with Gasteiger partial charge >= 0.3 is 0 Å². The third-order valence-electron chi connectivity index (χ3n) is 4.58. The van der Waals surface area contributed by atoms with Gasteiger partial charge < -0.3 is 15.4 Å². The summed E-state index contributed by atoms with van der Waals surface area (Å²) in [5.41, 5.74) is 7.29. The summed E-state index contributed by atoms with van der Waals surface area (Å²) in [6.45, 7) is 4.92. The maximum Gasteiger partial charge on any atom is 0.240 e. The molecular formula is C17H26N2O2. The van der Waals surface area contributed by atoms with E-state index >= 15 is 0 Å². The van der Waals surface area contributed by atoms with Gasteiger partial charge in [-0.05, 0) is 36.5 Å². The van der Waals surface area contributed by atoms with Gasteiger partial charge in [-0.2, -0.15) is 0 Å². The summed E-state index contributed by atoms with van der Waals surface area (Å²) in [7, 11) is 1.66. The van der Waals surface area contributed by atoms with Crippen LogP contribution in [-0.4, -0.2) is 30.5 Å². The number of rotatable bonds is 5. The minimum Gasteiger partial charge on any atom is -0.497 e. The van der Waals surface area contributed by atoms with Crippen molar-refractivity contribution in [2.45, 2.75) is 45.2 Å². The zero-order chi connectivity index (χ0) is 15.4. The van der Waals surface area contributed by atoms with Gasteiger partial charge in [-0.1, -0.05) is 32.4 Å². The lowest BCUT2D eigenvalue weighted by atomic mass is 9.97. The maximum absolute atomic E-state index is 12.6. The molecule has 1 aromatic rings. The lowest BCUT2D eigenvalue weighted by molar-refractivity contribution is -0.134. The minimum atomic E-state index is -0.395. The fraction of sp³-hybridized carbons (Fsp3) is 0.588.